The third-order valence-electron chi connectivity index (χ3n) is 2.04. The molecule has 2 amide bonds. The molecule has 0 aliphatic carbocycles. The van der Waals surface area contributed by atoms with Crippen LogP contribution in [0.1, 0.15) is 29.6 Å². The van der Waals surface area contributed by atoms with Crippen molar-refractivity contribution in [2.24, 2.45) is 0 Å². The fraction of sp³-hybridized carbons (Fsp3) is 0.273. The lowest BCUT2D eigenvalue weighted by Gasteiger charge is -2.07. The summed E-state index contributed by atoms with van der Waals surface area (Å²) >= 11 is 0. The van der Waals surface area contributed by atoms with Crippen LogP contribution >= 0.6 is 0 Å². The van der Waals surface area contributed by atoms with Crippen LogP contribution in [0, 0.1) is 0 Å². The van der Waals surface area contributed by atoms with Gasteiger partial charge in [-0.25, -0.2) is 0 Å². The smallest absolute Gasteiger partial charge is 0.269 e. The van der Waals surface area contributed by atoms with Gasteiger partial charge in [-0.3, -0.25) is 25.4 Å². The van der Waals surface area contributed by atoms with Crippen molar-refractivity contribution in [2.45, 2.75) is 19.3 Å². The largest absolute Gasteiger partial charge is 0.550 e. The van der Waals surface area contributed by atoms with Gasteiger partial charge in [-0.05, 0) is 25.0 Å². The number of nitrogens with zero attached hydrogens (tertiary/aromatic N) is 1. The molecule has 2 N–H and O–H groups in total. The van der Waals surface area contributed by atoms with Gasteiger partial charge in [-0.15, -0.1) is 0 Å². The van der Waals surface area contributed by atoms with E-state index >= 15 is 0 Å². The number of carboxylic acids is 1. The summed E-state index contributed by atoms with van der Waals surface area (Å²) in [7, 11) is 0. The van der Waals surface area contributed by atoms with Crippen LogP contribution in [0.3, 0.4) is 0 Å². The Hall–Kier alpha value is -2.44. The minimum absolute atomic E-state index is 0.00457. The molecule has 0 atom stereocenters. The normalized spacial score (nSPS) is 9.56. The van der Waals surface area contributed by atoms with Gasteiger partial charge in [-0.2, -0.15) is 0 Å². The molecular formula is C11H12N3O4-. The lowest BCUT2D eigenvalue weighted by atomic mass is 10.2. The van der Waals surface area contributed by atoms with E-state index in [4.69, 9.17) is 0 Å². The van der Waals surface area contributed by atoms with E-state index in [0.717, 1.165) is 0 Å². The summed E-state index contributed by atoms with van der Waals surface area (Å²) in [6.07, 6.45) is 2.89. The molecule has 96 valence electrons. The van der Waals surface area contributed by atoms with Gasteiger partial charge in [0.1, 0.15) is 0 Å². The molecule has 1 aromatic rings. The van der Waals surface area contributed by atoms with Crippen molar-refractivity contribution in [3.05, 3.63) is 30.1 Å². The quantitative estimate of drug-likeness (QED) is 0.635. The van der Waals surface area contributed by atoms with Crippen molar-refractivity contribution in [1.29, 1.82) is 0 Å². The number of carbonyl (C=O) groups is 3. The first-order valence-electron chi connectivity index (χ1n) is 5.28. The number of aromatic nitrogens is 1. The standard InChI is InChI=1S/C11H13N3O4/c15-9(2-1-3-10(16)17)13-14-11(18)8-4-6-12-7-5-8/h4-7H,1-3H2,(H,13,15)(H,14,18)(H,16,17)/p-1. The zero-order chi connectivity index (χ0) is 13.4. The highest BCUT2D eigenvalue weighted by molar-refractivity contribution is 5.95. The summed E-state index contributed by atoms with van der Waals surface area (Å²) in [6.45, 7) is 0. The van der Waals surface area contributed by atoms with Gasteiger partial charge >= 0.3 is 0 Å². The predicted molar refractivity (Wildman–Crippen MR) is 58.7 cm³/mol. The Balaban J connectivity index is 2.26. The van der Waals surface area contributed by atoms with Crippen LogP contribution in [0.15, 0.2) is 24.5 Å². The average Bonchev–Trinajstić information content (AvgIpc) is 2.36. The van der Waals surface area contributed by atoms with Gasteiger partial charge in [0.25, 0.3) is 5.91 Å². The highest BCUT2D eigenvalue weighted by Gasteiger charge is 2.06. The Labute approximate surface area is 103 Å². The molecule has 0 unspecified atom stereocenters. The van der Waals surface area contributed by atoms with E-state index in [0.29, 0.717) is 5.56 Å². The van der Waals surface area contributed by atoms with Crippen LogP contribution in [0.25, 0.3) is 0 Å². The summed E-state index contributed by atoms with van der Waals surface area (Å²) in [6, 6.07) is 3.00. The number of hydrazine groups is 1. The third kappa shape index (κ3) is 5.06. The third-order valence-corrected chi connectivity index (χ3v) is 2.04. The molecule has 0 saturated heterocycles. The first-order valence-corrected chi connectivity index (χ1v) is 5.28. The van der Waals surface area contributed by atoms with Crippen molar-refractivity contribution in [3.8, 4) is 0 Å². The minimum Gasteiger partial charge on any atom is -0.550 e. The summed E-state index contributed by atoms with van der Waals surface area (Å²) < 4.78 is 0. The van der Waals surface area contributed by atoms with Crippen LogP contribution in [0.4, 0.5) is 0 Å². The molecule has 1 rings (SSSR count). The van der Waals surface area contributed by atoms with Crippen LogP contribution < -0.4 is 16.0 Å². The Morgan fingerprint density at radius 1 is 1.11 bits per heavy atom. The number of carbonyl (C=O) groups excluding carboxylic acids is 3. The predicted octanol–water partition coefficient (Wildman–Crippen LogP) is -1.24. The molecule has 7 heteroatoms. The molecule has 1 aromatic heterocycles. The molecule has 0 bridgehead atoms. The topological polar surface area (TPSA) is 111 Å². The Morgan fingerprint density at radius 2 is 1.78 bits per heavy atom. The van der Waals surface area contributed by atoms with Crippen LogP contribution in [0.2, 0.25) is 0 Å². The van der Waals surface area contributed by atoms with Crippen molar-refractivity contribution in [2.75, 3.05) is 0 Å². The number of hydrogen-bond donors (Lipinski definition) is 2. The maximum Gasteiger partial charge on any atom is 0.269 e. The highest BCUT2D eigenvalue weighted by atomic mass is 16.4. The number of hydrogen-bond acceptors (Lipinski definition) is 5. The fourth-order valence-corrected chi connectivity index (χ4v) is 1.16. The molecule has 7 nitrogen and oxygen atoms in total. The van der Waals surface area contributed by atoms with Gasteiger partial charge in [-0.1, -0.05) is 0 Å². The van der Waals surface area contributed by atoms with Crippen molar-refractivity contribution < 1.29 is 19.5 Å². The first-order chi connectivity index (χ1) is 8.59. The number of aliphatic carboxylic acids is 1. The van der Waals surface area contributed by atoms with E-state index in [2.05, 4.69) is 15.8 Å². The molecular weight excluding hydrogens is 238 g/mol. The number of nitrogens with one attached hydrogen (secondary N) is 2. The SMILES string of the molecule is O=C([O-])CCCC(=O)NNC(=O)c1ccncc1. The zero-order valence-electron chi connectivity index (χ0n) is 9.51. The number of carboxylic acid groups (broad SMARTS) is 1. The second-order valence-corrected chi connectivity index (χ2v) is 3.46. The molecule has 0 spiro atoms. The van der Waals surface area contributed by atoms with Crippen molar-refractivity contribution in [1.82, 2.24) is 15.8 Å². The van der Waals surface area contributed by atoms with E-state index < -0.39 is 17.8 Å². The molecule has 18 heavy (non-hydrogen) atoms. The lowest BCUT2D eigenvalue weighted by Crippen LogP contribution is -2.41. The molecule has 0 aliphatic rings. The van der Waals surface area contributed by atoms with Crippen LogP contribution in [0.5, 0.6) is 0 Å². The van der Waals surface area contributed by atoms with Gasteiger partial charge in [0, 0.05) is 30.3 Å². The fourth-order valence-electron chi connectivity index (χ4n) is 1.16. The van der Waals surface area contributed by atoms with Gasteiger partial charge in [0.2, 0.25) is 5.91 Å². The molecule has 1 heterocycles. The number of amides is 2. The van der Waals surface area contributed by atoms with E-state index in [9.17, 15) is 19.5 Å². The van der Waals surface area contributed by atoms with E-state index in [-0.39, 0.29) is 19.3 Å². The second kappa shape index (κ2) is 7.00. The molecule has 0 saturated carbocycles. The molecule has 0 aromatic carbocycles. The summed E-state index contributed by atoms with van der Waals surface area (Å²) in [4.78, 5) is 36.5. The number of pyridine rings is 1. The molecule has 0 fully saturated rings. The monoisotopic (exact) mass is 250 g/mol. The van der Waals surface area contributed by atoms with E-state index in [1.54, 1.807) is 0 Å². The van der Waals surface area contributed by atoms with E-state index in [1.165, 1.54) is 24.5 Å². The lowest BCUT2D eigenvalue weighted by molar-refractivity contribution is -0.305. The minimum atomic E-state index is -1.20. The summed E-state index contributed by atoms with van der Waals surface area (Å²) in [5.41, 5.74) is 4.75. The maximum absolute atomic E-state index is 11.5. The Bertz CT molecular complexity index is 433. The zero-order valence-corrected chi connectivity index (χ0v) is 9.51. The van der Waals surface area contributed by atoms with Gasteiger partial charge < -0.3 is 9.90 Å². The van der Waals surface area contributed by atoms with Gasteiger partial charge in [0.05, 0.1) is 0 Å². The maximum atomic E-state index is 11.5. The first kappa shape index (κ1) is 13.6. The van der Waals surface area contributed by atoms with Crippen LogP contribution in [-0.4, -0.2) is 22.8 Å². The van der Waals surface area contributed by atoms with E-state index in [1.807, 2.05) is 0 Å². The highest BCUT2D eigenvalue weighted by Crippen LogP contribution is 1.95. The Morgan fingerprint density at radius 3 is 2.39 bits per heavy atom. The summed E-state index contributed by atoms with van der Waals surface area (Å²) in [5, 5.41) is 10.1. The summed E-state index contributed by atoms with van der Waals surface area (Å²) in [5.74, 6) is -2.13. The molecule has 0 aliphatic heterocycles. The second-order valence-electron chi connectivity index (χ2n) is 3.46. The number of rotatable bonds is 5. The average molecular weight is 250 g/mol. The Kier molecular flexibility index (Phi) is 5.30. The van der Waals surface area contributed by atoms with Crippen LogP contribution in [-0.2, 0) is 9.59 Å². The van der Waals surface area contributed by atoms with Crippen molar-refractivity contribution in [3.63, 3.8) is 0 Å². The van der Waals surface area contributed by atoms with Crippen molar-refractivity contribution >= 4 is 17.8 Å². The van der Waals surface area contributed by atoms with Gasteiger partial charge in [0.15, 0.2) is 0 Å². The molecule has 0 radical (unpaired) electrons.